The summed E-state index contributed by atoms with van der Waals surface area (Å²) in [6.45, 7) is 1.86. The number of nitrogens with zero attached hydrogens (tertiary/aromatic N) is 2. The third-order valence-corrected chi connectivity index (χ3v) is 6.91. The number of para-hydroxylation sites is 1. The van der Waals surface area contributed by atoms with E-state index in [4.69, 9.17) is 11.6 Å². The smallest absolute Gasteiger partial charge is 0.371 e. The summed E-state index contributed by atoms with van der Waals surface area (Å²) in [5.41, 5.74) is 0.593. The number of hydrogen-bond acceptors (Lipinski definition) is 3. The molecule has 0 atom stereocenters. The summed E-state index contributed by atoms with van der Waals surface area (Å²) >= 11 is 5.60. The molecule has 9 heteroatoms. The Labute approximate surface area is 167 Å². The first kappa shape index (κ1) is 21.0. The molecule has 1 aliphatic rings. The zero-order chi connectivity index (χ0) is 20.5. The highest BCUT2D eigenvalue weighted by Crippen LogP contribution is 2.36. The first-order chi connectivity index (χ1) is 13.1. The molecule has 0 amide bonds. The zero-order valence-electron chi connectivity index (χ0n) is 15.2. The molecule has 1 heterocycles. The molecule has 1 aliphatic heterocycles. The van der Waals surface area contributed by atoms with E-state index in [9.17, 15) is 21.6 Å². The lowest BCUT2D eigenvalue weighted by Gasteiger charge is -2.24. The van der Waals surface area contributed by atoms with Crippen molar-refractivity contribution in [3.63, 3.8) is 0 Å². The van der Waals surface area contributed by atoms with Crippen LogP contribution in [-0.2, 0) is 22.7 Å². The summed E-state index contributed by atoms with van der Waals surface area (Å²) < 4.78 is 66.1. The molecule has 0 N–H and O–H groups in total. The highest BCUT2D eigenvalue weighted by molar-refractivity contribution is 7.89. The van der Waals surface area contributed by atoms with Gasteiger partial charge in [-0.3, -0.25) is 0 Å². The topological polar surface area (TPSA) is 40.6 Å². The molecule has 2 aromatic rings. The van der Waals surface area contributed by atoms with E-state index >= 15 is 0 Å². The fourth-order valence-electron chi connectivity index (χ4n) is 3.30. The molecular weight excluding hydrogens is 413 g/mol. The van der Waals surface area contributed by atoms with Crippen LogP contribution in [0.4, 0.5) is 18.9 Å². The maximum Gasteiger partial charge on any atom is 0.417 e. The molecule has 2 aromatic carbocycles. The average molecular weight is 433 g/mol. The van der Waals surface area contributed by atoms with Crippen LogP contribution >= 0.6 is 11.6 Å². The van der Waals surface area contributed by atoms with Gasteiger partial charge in [0.1, 0.15) is 0 Å². The van der Waals surface area contributed by atoms with Crippen molar-refractivity contribution < 1.29 is 21.6 Å². The van der Waals surface area contributed by atoms with Gasteiger partial charge in [0.05, 0.1) is 15.5 Å². The maximum atomic E-state index is 13.1. The van der Waals surface area contributed by atoms with Gasteiger partial charge in [-0.2, -0.15) is 17.5 Å². The second kappa shape index (κ2) is 7.93. The molecule has 0 saturated carbocycles. The fraction of sp³-hybridized carbons (Fsp3) is 0.368. The molecule has 0 radical (unpaired) electrons. The number of halogens is 4. The Bertz CT molecular complexity index is 958. The molecule has 4 nitrogen and oxygen atoms in total. The van der Waals surface area contributed by atoms with E-state index in [2.05, 4.69) is 4.90 Å². The van der Waals surface area contributed by atoms with Crippen molar-refractivity contribution in [1.82, 2.24) is 4.31 Å². The molecule has 3 rings (SSSR count). The van der Waals surface area contributed by atoms with Gasteiger partial charge in [0.2, 0.25) is 10.0 Å². The van der Waals surface area contributed by atoms with E-state index in [1.165, 1.54) is 7.05 Å². The lowest BCUT2D eigenvalue weighted by Crippen LogP contribution is -2.28. The van der Waals surface area contributed by atoms with Crippen LogP contribution in [0.2, 0.25) is 5.02 Å². The van der Waals surface area contributed by atoms with Crippen LogP contribution in [0.1, 0.15) is 24.0 Å². The van der Waals surface area contributed by atoms with E-state index in [-0.39, 0.29) is 6.54 Å². The van der Waals surface area contributed by atoms with E-state index in [0.717, 1.165) is 53.6 Å². The summed E-state index contributed by atoms with van der Waals surface area (Å²) in [5, 5.41) is -0.534. The fourth-order valence-corrected chi connectivity index (χ4v) is 4.70. The molecule has 0 spiro atoms. The van der Waals surface area contributed by atoms with Crippen LogP contribution in [0.25, 0.3) is 0 Å². The van der Waals surface area contributed by atoms with Gasteiger partial charge in [0.15, 0.2) is 0 Å². The molecule has 152 valence electrons. The van der Waals surface area contributed by atoms with Crippen LogP contribution in [0.15, 0.2) is 47.4 Å². The first-order valence-electron chi connectivity index (χ1n) is 8.76. The van der Waals surface area contributed by atoms with Crippen LogP contribution in [0.3, 0.4) is 0 Å². The molecule has 28 heavy (non-hydrogen) atoms. The Morgan fingerprint density at radius 3 is 2.39 bits per heavy atom. The standard InChI is InChI=1S/C19H20ClF3N2O2S/c1-24(13-14-6-2-3-7-18(14)25-10-4-5-11-25)28(26,27)15-8-9-17(20)16(12-15)19(21,22)23/h2-3,6-9,12H,4-5,10-11,13H2,1H3. The number of alkyl halides is 3. The second-order valence-electron chi connectivity index (χ2n) is 6.72. The molecule has 1 saturated heterocycles. The van der Waals surface area contributed by atoms with Gasteiger partial charge in [0, 0.05) is 32.4 Å². The normalized spacial score (nSPS) is 15.4. The summed E-state index contributed by atoms with van der Waals surface area (Å²) in [5.74, 6) is 0. The van der Waals surface area contributed by atoms with Gasteiger partial charge < -0.3 is 4.90 Å². The lowest BCUT2D eigenvalue weighted by molar-refractivity contribution is -0.137. The summed E-state index contributed by atoms with van der Waals surface area (Å²) in [4.78, 5) is 1.75. The van der Waals surface area contributed by atoms with Crippen LogP contribution < -0.4 is 4.90 Å². The minimum Gasteiger partial charge on any atom is -0.371 e. The highest BCUT2D eigenvalue weighted by Gasteiger charge is 2.35. The minimum absolute atomic E-state index is 0.0545. The van der Waals surface area contributed by atoms with Crippen molar-refractivity contribution in [2.75, 3.05) is 25.0 Å². The Balaban J connectivity index is 1.90. The molecule has 0 bridgehead atoms. The molecule has 1 fully saturated rings. The Morgan fingerprint density at radius 2 is 1.75 bits per heavy atom. The predicted octanol–water partition coefficient (Wildman–Crippen LogP) is 4.78. The number of rotatable bonds is 5. The monoisotopic (exact) mass is 432 g/mol. The summed E-state index contributed by atoms with van der Waals surface area (Å²) in [6, 6.07) is 10.1. The van der Waals surface area contributed by atoms with Gasteiger partial charge in [-0.1, -0.05) is 29.8 Å². The number of sulfonamides is 1. The predicted molar refractivity (Wildman–Crippen MR) is 103 cm³/mol. The molecule has 0 aromatic heterocycles. The largest absolute Gasteiger partial charge is 0.417 e. The highest BCUT2D eigenvalue weighted by atomic mass is 35.5. The number of anilines is 1. The first-order valence-corrected chi connectivity index (χ1v) is 10.6. The third kappa shape index (κ3) is 4.29. The zero-order valence-corrected chi connectivity index (χ0v) is 16.8. The van der Waals surface area contributed by atoms with Gasteiger partial charge in [0.25, 0.3) is 0 Å². The van der Waals surface area contributed by atoms with E-state index in [1.54, 1.807) is 0 Å². The average Bonchev–Trinajstić information content (AvgIpc) is 3.15. The Kier molecular flexibility index (Phi) is 5.93. The van der Waals surface area contributed by atoms with E-state index < -0.39 is 31.7 Å². The molecule has 0 unspecified atom stereocenters. The van der Waals surface area contributed by atoms with Crippen molar-refractivity contribution >= 4 is 27.3 Å². The summed E-state index contributed by atoms with van der Waals surface area (Å²) in [7, 11) is -2.76. The number of benzene rings is 2. The number of hydrogen-bond donors (Lipinski definition) is 0. The van der Waals surface area contributed by atoms with Crippen molar-refractivity contribution in [3.8, 4) is 0 Å². The second-order valence-corrected chi connectivity index (χ2v) is 9.18. The maximum absolute atomic E-state index is 13.1. The molecule has 0 aliphatic carbocycles. The minimum atomic E-state index is -4.73. The van der Waals surface area contributed by atoms with Crippen molar-refractivity contribution in [2.24, 2.45) is 0 Å². The van der Waals surface area contributed by atoms with Crippen molar-refractivity contribution in [2.45, 2.75) is 30.5 Å². The Hall–Kier alpha value is -1.77. The van der Waals surface area contributed by atoms with Crippen LogP contribution in [-0.4, -0.2) is 32.9 Å². The van der Waals surface area contributed by atoms with Gasteiger partial charge in [-0.05, 0) is 42.7 Å². The van der Waals surface area contributed by atoms with Gasteiger partial charge in [-0.25, -0.2) is 8.42 Å². The Morgan fingerprint density at radius 1 is 1.11 bits per heavy atom. The lowest BCUT2D eigenvalue weighted by atomic mass is 10.1. The van der Waals surface area contributed by atoms with Crippen LogP contribution in [0, 0.1) is 0 Å². The van der Waals surface area contributed by atoms with E-state index in [0.29, 0.717) is 6.07 Å². The van der Waals surface area contributed by atoms with Crippen LogP contribution in [0.5, 0.6) is 0 Å². The van der Waals surface area contributed by atoms with Crippen molar-refractivity contribution in [1.29, 1.82) is 0 Å². The van der Waals surface area contributed by atoms with E-state index in [1.807, 2.05) is 24.3 Å². The quantitative estimate of drug-likeness (QED) is 0.682. The third-order valence-electron chi connectivity index (χ3n) is 4.78. The molecular formula is C19H20ClF3N2O2S. The van der Waals surface area contributed by atoms with Gasteiger partial charge >= 0.3 is 6.18 Å². The van der Waals surface area contributed by atoms with Crippen molar-refractivity contribution in [3.05, 3.63) is 58.6 Å². The SMILES string of the molecule is CN(Cc1ccccc1N1CCCC1)S(=O)(=O)c1ccc(Cl)c(C(F)(F)F)c1. The van der Waals surface area contributed by atoms with Gasteiger partial charge in [-0.15, -0.1) is 0 Å². The summed E-state index contributed by atoms with van der Waals surface area (Å²) in [6.07, 6.45) is -2.58.